The molecule has 5 nitrogen and oxygen atoms in total. The van der Waals surface area contributed by atoms with Crippen molar-refractivity contribution >= 4 is 11.9 Å². The first-order valence-electron chi connectivity index (χ1n) is 9.15. The van der Waals surface area contributed by atoms with Crippen LogP contribution in [0.5, 0.6) is 0 Å². The molecular weight excluding hydrogens is 314 g/mol. The van der Waals surface area contributed by atoms with E-state index >= 15 is 0 Å². The van der Waals surface area contributed by atoms with Gasteiger partial charge in [-0.3, -0.25) is 10.1 Å². The second kappa shape index (κ2) is 9.99. The Morgan fingerprint density at radius 2 is 1.92 bits per heavy atom. The van der Waals surface area contributed by atoms with Crippen LogP contribution in [-0.2, 0) is 11.3 Å². The normalized spacial score (nSPS) is 15.2. The highest BCUT2D eigenvalue weighted by Crippen LogP contribution is 2.19. The standard InChI is InChI=1S/C20H29N3O2/c1-16-8-10-18(11-9-16)14-23(2)15-19(24)22-20(25)21-13-12-17-6-4-3-5-7-17/h6,8-11H,3-5,7,12-15H2,1-2H3,(H2,21,22,24,25)/p+1. The number of hydrogen-bond acceptors (Lipinski definition) is 2. The summed E-state index contributed by atoms with van der Waals surface area (Å²) < 4.78 is 0. The Kier molecular flexibility index (Phi) is 7.67. The predicted molar refractivity (Wildman–Crippen MR) is 99.3 cm³/mol. The molecule has 1 aromatic rings. The summed E-state index contributed by atoms with van der Waals surface area (Å²) >= 11 is 0. The molecule has 136 valence electrons. The molecule has 1 aliphatic rings. The number of allylic oxidation sites excluding steroid dienone is 1. The molecule has 1 aromatic carbocycles. The summed E-state index contributed by atoms with van der Waals surface area (Å²) in [6.45, 7) is 3.66. The van der Waals surface area contributed by atoms with Gasteiger partial charge in [-0.1, -0.05) is 41.5 Å². The minimum atomic E-state index is -0.399. The molecule has 1 atom stereocenters. The molecule has 0 aromatic heterocycles. The van der Waals surface area contributed by atoms with Gasteiger partial charge in [-0.25, -0.2) is 4.79 Å². The van der Waals surface area contributed by atoms with Crippen molar-refractivity contribution < 1.29 is 14.5 Å². The van der Waals surface area contributed by atoms with E-state index in [1.165, 1.54) is 29.5 Å². The summed E-state index contributed by atoms with van der Waals surface area (Å²) in [5, 5.41) is 5.18. The molecule has 0 heterocycles. The number of carbonyl (C=O) groups excluding carboxylic acids is 2. The van der Waals surface area contributed by atoms with Crippen molar-refractivity contribution in [3.63, 3.8) is 0 Å². The molecule has 0 spiro atoms. The van der Waals surface area contributed by atoms with Gasteiger partial charge in [-0.15, -0.1) is 0 Å². The second-order valence-corrected chi connectivity index (χ2v) is 6.96. The van der Waals surface area contributed by atoms with Crippen molar-refractivity contribution in [1.29, 1.82) is 0 Å². The van der Waals surface area contributed by atoms with Crippen LogP contribution in [0.1, 0.15) is 43.2 Å². The lowest BCUT2D eigenvalue weighted by Gasteiger charge is -2.15. The number of benzene rings is 1. The van der Waals surface area contributed by atoms with Crippen LogP contribution in [0.3, 0.4) is 0 Å². The molecule has 0 fully saturated rings. The van der Waals surface area contributed by atoms with Gasteiger partial charge in [0.2, 0.25) is 0 Å². The maximum Gasteiger partial charge on any atom is 0.321 e. The van der Waals surface area contributed by atoms with E-state index in [4.69, 9.17) is 0 Å². The van der Waals surface area contributed by atoms with Crippen molar-refractivity contribution in [2.24, 2.45) is 0 Å². The van der Waals surface area contributed by atoms with Gasteiger partial charge in [0, 0.05) is 12.1 Å². The van der Waals surface area contributed by atoms with E-state index in [1.807, 2.05) is 7.05 Å². The molecule has 1 unspecified atom stereocenters. The van der Waals surface area contributed by atoms with E-state index in [0.717, 1.165) is 30.7 Å². The number of hydrogen-bond donors (Lipinski definition) is 3. The first-order valence-corrected chi connectivity index (χ1v) is 9.15. The number of quaternary nitrogens is 1. The number of aryl methyl sites for hydroxylation is 1. The summed E-state index contributed by atoms with van der Waals surface area (Å²) in [5.41, 5.74) is 3.82. The van der Waals surface area contributed by atoms with E-state index in [-0.39, 0.29) is 12.5 Å². The highest BCUT2D eigenvalue weighted by molar-refractivity contribution is 5.94. The lowest BCUT2D eigenvalue weighted by molar-refractivity contribution is -0.885. The zero-order chi connectivity index (χ0) is 18.1. The summed E-state index contributed by atoms with van der Waals surface area (Å²) in [6, 6.07) is 7.88. The molecule has 0 bridgehead atoms. The third kappa shape index (κ3) is 7.52. The molecule has 0 saturated heterocycles. The van der Waals surface area contributed by atoms with Gasteiger partial charge >= 0.3 is 6.03 Å². The van der Waals surface area contributed by atoms with E-state index in [2.05, 4.69) is 47.9 Å². The van der Waals surface area contributed by atoms with Crippen LogP contribution < -0.4 is 15.5 Å². The average Bonchev–Trinajstić information content (AvgIpc) is 2.57. The number of imide groups is 1. The van der Waals surface area contributed by atoms with E-state index < -0.39 is 6.03 Å². The number of rotatable bonds is 7. The molecule has 0 aliphatic heterocycles. The van der Waals surface area contributed by atoms with Gasteiger partial charge in [-0.05, 0) is 39.0 Å². The Morgan fingerprint density at radius 1 is 1.16 bits per heavy atom. The molecule has 3 amide bonds. The third-order valence-corrected chi connectivity index (χ3v) is 4.46. The van der Waals surface area contributed by atoms with Crippen LogP contribution in [0.4, 0.5) is 4.79 Å². The quantitative estimate of drug-likeness (QED) is 0.660. The smallest absolute Gasteiger partial charge is 0.321 e. The SMILES string of the molecule is Cc1ccc(C[NH+](C)CC(=O)NC(=O)NCCC2=CCCCC2)cc1. The van der Waals surface area contributed by atoms with Gasteiger partial charge in [0.25, 0.3) is 5.91 Å². The van der Waals surface area contributed by atoms with Crippen LogP contribution in [0.2, 0.25) is 0 Å². The van der Waals surface area contributed by atoms with Crippen LogP contribution in [0.15, 0.2) is 35.9 Å². The number of carbonyl (C=O) groups is 2. The first-order chi connectivity index (χ1) is 12.0. The fourth-order valence-corrected chi connectivity index (χ4v) is 3.07. The molecule has 5 heteroatoms. The van der Waals surface area contributed by atoms with Gasteiger partial charge in [0.05, 0.1) is 7.05 Å². The molecule has 25 heavy (non-hydrogen) atoms. The van der Waals surface area contributed by atoms with E-state index in [9.17, 15) is 9.59 Å². The Bertz CT molecular complexity index is 608. The molecule has 0 saturated carbocycles. The molecule has 1 aliphatic carbocycles. The Balaban J connectivity index is 1.63. The maximum atomic E-state index is 12.0. The number of nitrogens with one attached hydrogen (secondary N) is 3. The summed E-state index contributed by atoms with van der Waals surface area (Å²) in [6.07, 6.45) is 7.94. The molecule has 2 rings (SSSR count). The summed E-state index contributed by atoms with van der Waals surface area (Å²) in [4.78, 5) is 24.8. The minimum absolute atomic E-state index is 0.251. The highest BCUT2D eigenvalue weighted by Gasteiger charge is 2.13. The van der Waals surface area contributed by atoms with Crippen molar-refractivity contribution in [3.05, 3.63) is 47.0 Å². The lowest BCUT2D eigenvalue weighted by atomic mass is 9.97. The van der Waals surface area contributed by atoms with Crippen LogP contribution in [0.25, 0.3) is 0 Å². The number of amides is 3. The topological polar surface area (TPSA) is 62.6 Å². The number of likely N-dealkylation sites (N-methyl/N-ethyl adjacent to an activating group) is 1. The van der Waals surface area contributed by atoms with Crippen LogP contribution in [0, 0.1) is 6.92 Å². The van der Waals surface area contributed by atoms with Crippen LogP contribution >= 0.6 is 0 Å². The Labute approximate surface area is 150 Å². The van der Waals surface area contributed by atoms with Crippen molar-refractivity contribution in [3.8, 4) is 0 Å². The van der Waals surface area contributed by atoms with E-state index in [0.29, 0.717) is 6.54 Å². The first kappa shape index (κ1) is 19.2. The zero-order valence-electron chi connectivity index (χ0n) is 15.4. The summed E-state index contributed by atoms with van der Waals surface area (Å²) in [5.74, 6) is -0.251. The number of urea groups is 1. The van der Waals surface area contributed by atoms with Gasteiger partial charge in [0.15, 0.2) is 6.54 Å². The molecule has 3 N–H and O–H groups in total. The van der Waals surface area contributed by atoms with E-state index in [1.54, 1.807) is 0 Å². The molecule has 0 radical (unpaired) electrons. The molecular formula is C20H30N3O2+. The predicted octanol–water partition coefficient (Wildman–Crippen LogP) is 1.73. The van der Waals surface area contributed by atoms with Gasteiger partial charge in [-0.2, -0.15) is 0 Å². The van der Waals surface area contributed by atoms with Crippen molar-refractivity contribution in [2.45, 2.75) is 45.6 Å². The van der Waals surface area contributed by atoms with Crippen molar-refractivity contribution in [1.82, 2.24) is 10.6 Å². The average molecular weight is 344 g/mol. The summed E-state index contributed by atoms with van der Waals surface area (Å²) in [7, 11) is 1.95. The fourth-order valence-electron chi connectivity index (χ4n) is 3.07. The minimum Gasteiger partial charge on any atom is -0.337 e. The zero-order valence-corrected chi connectivity index (χ0v) is 15.4. The second-order valence-electron chi connectivity index (χ2n) is 6.96. The van der Waals surface area contributed by atoms with Gasteiger partial charge in [0.1, 0.15) is 6.54 Å². The van der Waals surface area contributed by atoms with Gasteiger partial charge < -0.3 is 10.2 Å². The monoisotopic (exact) mass is 344 g/mol. The fraction of sp³-hybridized carbons (Fsp3) is 0.500. The largest absolute Gasteiger partial charge is 0.337 e. The lowest BCUT2D eigenvalue weighted by Crippen LogP contribution is -3.09. The highest BCUT2D eigenvalue weighted by atomic mass is 16.2. The van der Waals surface area contributed by atoms with Crippen LogP contribution in [-0.4, -0.2) is 32.1 Å². The third-order valence-electron chi connectivity index (χ3n) is 4.46. The Morgan fingerprint density at radius 3 is 2.60 bits per heavy atom. The van der Waals surface area contributed by atoms with Crippen molar-refractivity contribution in [2.75, 3.05) is 20.1 Å². The maximum absolute atomic E-state index is 12.0. The Hall–Kier alpha value is -2.14.